The number of carbonyl (C=O) groups is 2. The number of nitrogens with zero attached hydrogens (tertiary/aromatic N) is 3. The molecule has 0 N–H and O–H groups in total. The van der Waals surface area contributed by atoms with Crippen LogP contribution in [0.2, 0.25) is 0 Å². The van der Waals surface area contributed by atoms with Crippen LogP contribution in [0.5, 0.6) is 0 Å². The third kappa shape index (κ3) is 8.31. The van der Waals surface area contributed by atoms with Crippen LogP contribution < -0.4 is 0 Å². The van der Waals surface area contributed by atoms with E-state index in [4.69, 9.17) is 0 Å². The summed E-state index contributed by atoms with van der Waals surface area (Å²) in [5, 5.41) is 0. The minimum Gasteiger partial charge on any atom is -0.344 e. The zero-order chi connectivity index (χ0) is 31.4. The highest BCUT2D eigenvalue weighted by molar-refractivity contribution is 5.83. The van der Waals surface area contributed by atoms with Gasteiger partial charge in [0.05, 0.1) is 11.1 Å². The number of piperidine rings is 1. The summed E-state index contributed by atoms with van der Waals surface area (Å²) in [7, 11) is 1.52. The maximum atomic E-state index is 13.8. The molecule has 0 bridgehead atoms. The zero-order valence-corrected chi connectivity index (χ0v) is 24.6. The molecule has 2 aromatic rings. The normalized spacial score (nSPS) is 18.3. The fourth-order valence-electron chi connectivity index (χ4n) is 6.52. The van der Waals surface area contributed by atoms with E-state index in [1.54, 1.807) is 6.92 Å². The van der Waals surface area contributed by atoms with Gasteiger partial charge in [-0.05, 0) is 61.4 Å². The number of amides is 2. The van der Waals surface area contributed by atoms with E-state index in [9.17, 15) is 35.9 Å². The third-order valence-corrected chi connectivity index (χ3v) is 8.70. The highest BCUT2D eigenvalue weighted by atomic mass is 19.4. The number of benzene rings is 2. The average molecular weight is 612 g/mol. The van der Waals surface area contributed by atoms with Gasteiger partial charge in [-0.2, -0.15) is 26.3 Å². The van der Waals surface area contributed by atoms with Crippen LogP contribution in [-0.4, -0.2) is 65.3 Å². The topological polar surface area (TPSA) is 43.9 Å². The molecule has 2 amide bonds. The molecule has 1 aliphatic carbocycles. The third-order valence-electron chi connectivity index (χ3n) is 8.70. The van der Waals surface area contributed by atoms with Crippen LogP contribution in [0.15, 0.2) is 48.5 Å². The van der Waals surface area contributed by atoms with Gasteiger partial charge in [0.2, 0.25) is 11.8 Å². The monoisotopic (exact) mass is 611 g/mol. The van der Waals surface area contributed by atoms with Crippen LogP contribution in [0.1, 0.15) is 80.2 Å². The van der Waals surface area contributed by atoms with Gasteiger partial charge in [0.15, 0.2) is 0 Å². The highest BCUT2D eigenvalue weighted by Crippen LogP contribution is 2.37. The van der Waals surface area contributed by atoms with Crippen LogP contribution >= 0.6 is 0 Å². The summed E-state index contributed by atoms with van der Waals surface area (Å²) >= 11 is 0. The lowest BCUT2D eigenvalue weighted by atomic mass is 9.90. The predicted octanol–water partition coefficient (Wildman–Crippen LogP) is 7.11. The van der Waals surface area contributed by atoms with Gasteiger partial charge >= 0.3 is 12.4 Å². The van der Waals surface area contributed by atoms with Crippen molar-refractivity contribution in [1.82, 2.24) is 14.7 Å². The summed E-state index contributed by atoms with van der Waals surface area (Å²) in [4.78, 5) is 32.0. The van der Waals surface area contributed by atoms with Gasteiger partial charge in [-0.25, -0.2) is 0 Å². The lowest BCUT2D eigenvalue weighted by molar-refractivity contribution is -0.143. The Morgan fingerprint density at radius 1 is 0.837 bits per heavy atom. The first-order valence-electron chi connectivity index (χ1n) is 14.9. The van der Waals surface area contributed by atoms with E-state index in [2.05, 4.69) is 4.90 Å². The van der Waals surface area contributed by atoms with Crippen molar-refractivity contribution in [3.8, 4) is 0 Å². The van der Waals surface area contributed by atoms with Crippen molar-refractivity contribution in [1.29, 1.82) is 0 Å². The summed E-state index contributed by atoms with van der Waals surface area (Å²) in [6.07, 6.45) is -3.20. The highest BCUT2D eigenvalue weighted by Gasteiger charge is 2.38. The van der Waals surface area contributed by atoms with E-state index < -0.39 is 29.5 Å². The molecule has 0 radical (unpaired) electrons. The molecule has 1 unspecified atom stereocenters. The summed E-state index contributed by atoms with van der Waals surface area (Å²) in [6, 6.07) is 10.4. The van der Waals surface area contributed by atoms with Crippen molar-refractivity contribution in [2.45, 2.75) is 88.8 Å². The van der Waals surface area contributed by atoms with E-state index in [0.29, 0.717) is 38.1 Å². The summed E-state index contributed by atoms with van der Waals surface area (Å²) in [5.74, 6) is -0.215. The van der Waals surface area contributed by atoms with Crippen LogP contribution in [0.4, 0.5) is 26.3 Å². The first kappa shape index (κ1) is 32.8. The number of hydrogen-bond donors (Lipinski definition) is 0. The molecule has 1 aliphatic heterocycles. The van der Waals surface area contributed by atoms with Crippen molar-refractivity contribution in [3.05, 3.63) is 70.8 Å². The molecule has 5 nitrogen and oxygen atoms in total. The largest absolute Gasteiger partial charge is 0.416 e. The van der Waals surface area contributed by atoms with Crippen molar-refractivity contribution in [3.63, 3.8) is 0 Å². The van der Waals surface area contributed by atoms with Crippen LogP contribution in [-0.2, 0) is 28.4 Å². The fourth-order valence-corrected chi connectivity index (χ4v) is 6.52. The Morgan fingerprint density at radius 3 is 1.88 bits per heavy atom. The summed E-state index contributed by atoms with van der Waals surface area (Å²) < 4.78 is 80.0. The van der Waals surface area contributed by atoms with Gasteiger partial charge in [-0.1, -0.05) is 49.6 Å². The molecule has 2 aromatic carbocycles. The Labute approximate surface area is 248 Å². The zero-order valence-electron chi connectivity index (χ0n) is 24.6. The minimum absolute atomic E-state index is 0.0585. The molecule has 43 heavy (non-hydrogen) atoms. The fraction of sp³-hybridized carbons (Fsp3) is 0.562. The minimum atomic E-state index is -4.93. The Balaban J connectivity index is 1.48. The van der Waals surface area contributed by atoms with E-state index in [1.807, 2.05) is 35.2 Å². The van der Waals surface area contributed by atoms with Crippen molar-refractivity contribution >= 4 is 11.8 Å². The first-order valence-corrected chi connectivity index (χ1v) is 14.9. The van der Waals surface area contributed by atoms with Crippen molar-refractivity contribution < 1.29 is 35.9 Å². The van der Waals surface area contributed by atoms with E-state index in [1.165, 1.54) is 18.4 Å². The number of halogens is 6. The first-order chi connectivity index (χ1) is 20.3. The molecule has 4 rings (SSSR count). The molecule has 236 valence electrons. The van der Waals surface area contributed by atoms with Crippen molar-refractivity contribution in [2.24, 2.45) is 0 Å². The van der Waals surface area contributed by atoms with Crippen LogP contribution in [0, 0.1) is 0 Å². The molecule has 1 atom stereocenters. The molecular weight excluding hydrogens is 572 g/mol. The molecule has 0 aromatic heterocycles. The van der Waals surface area contributed by atoms with Crippen LogP contribution in [0.3, 0.4) is 0 Å². The molecule has 1 saturated heterocycles. The number of likely N-dealkylation sites (tertiary alicyclic amines) is 1. The Hall–Kier alpha value is -3.08. The summed E-state index contributed by atoms with van der Waals surface area (Å²) in [5.41, 5.74) is -2.13. The van der Waals surface area contributed by atoms with E-state index in [-0.39, 0.29) is 48.5 Å². The lowest BCUT2D eigenvalue weighted by Gasteiger charge is -2.45. The molecule has 2 fully saturated rings. The Bertz CT molecular complexity index is 1200. The maximum Gasteiger partial charge on any atom is 0.416 e. The van der Waals surface area contributed by atoms with Gasteiger partial charge in [-0.3, -0.25) is 14.5 Å². The lowest BCUT2D eigenvalue weighted by Crippen LogP contribution is -2.53. The molecule has 2 aliphatic rings. The SMILES string of the molecule is CC(=O)N(C1CCCCC1)C1CCN(C(C(=O)N(C)CCc2cc(C(F)(F)F)cc(C(F)(F)F)c2)c2ccccc2)CC1. The van der Waals surface area contributed by atoms with Crippen molar-refractivity contribution in [2.75, 3.05) is 26.7 Å². The molecule has 0 spiro atoms. The van der Waals surface area contributed by atoms with E-state index in [0.717, 1.165) is 31.2 Å². The molecule has 1 heterocycles. The maximum absolute atomic E-state index is 13.8. The van der Waals surface area contributed by atoms with Gasteiger partial charge in [0.1, 0.15) is 6.04 Å². The standard InChI is InChI=1S/C32H39F6N3O2/c1-22(42)41(27-11-7-4-8-12-27)28-14-17-40(18-15-28)29(24-9-5-3-6-10-24)30(43)39(2)16-13-23-19-25(31(33,34)35)21-26(20-23)32(36,37)38/h3,5-6,9-10,19-21,27-29H,4,7-8,11-18H2,1-2H3. The number of alkyl halides is 6. The molecule has 1 saturated carbocycles. The van der Waals surface area contributed by atoms with Crippen LogP contribution in [0.25, 0.3) is 0 Å². The second-order valence-corrected chi connectivity index (χ2v) is 11.7. The number of rotatable bonds is 8. The molecular formula is C32H39F6N3O2. The second kappa shape index (κ2) is 13.7. The predicted molar refractivity (Wildman–Crippen MR) is 151 cm³/mol. The quantitative estimate of drug-likeness (QED) is 0.299. The average Bonchev–Trinajstić information content (AvgIpc) is 2.97. The number of hydrogen-bond acceptors (Lipinski definition) is 3. The smallest absolute Gasteiger partial charge is 0.344 e. The van der Waals surface area contributed by atoms with Gasteiger partial charge in [0.25, 0.3) is 0 Å². The summed E-state index contributed by atoms with van der Waals surface area (Å²) in [6.45, 7) is 2.71. The second-order valence-electron chi connectivity index (χ2n) is 11.7. The van der Waals surface area contributed by atoms with E-state index >= 15 is 0 Å². The Kier molecular flexibility index (Phi) is 10.5. The number of carbonyl (C=O) groups excluding carboxylic acids is 2. The number of likely N-dealkylation sites (N-methyl/N-ethyl adjacent to an activating group) is 1. The van der Waals surface area contributed by atoms with Gasteiger partial charge < -0.3 is 9.80 Å². The van der Waals surface area contributed by atoms with Gasteiger partial charge in [0, 0.05) is 45.7 Å². The molecule has 11 heteroatoms. The van der Waals surface area contributed by atoms with Gasteiger partial charge in [-0.15, -0.1) is 0 Å². The Morgan fingerprint density at radius 2 is 1.37 bits per heavy atom.